The minimum atomic E-state index is -1.15. The zero-order valence-electron chi connectivity index (χ0n) is 22.6. The number of ether oxygens (including phenoxy) is 1. The van der Waals surface area contributed by atoms with Crippen molar-refractivity contribution in [2.45, 2.75) is 63.8 Å². The van der Waals surface area contributed by atoms with Crippen LogP contribution in [0, 0.1) is 5.92 Å². The molecule has 204 valence electrons. The van der Waals surface area contributed by atoms with Crippen LogP contribution in [0.5, 0.6) is 0 Å². The fourth-order valence-electron chi connectivity index (χ4n) is 5.15. The maximum Gasteiger partial charge on any atom is 0.408 e. The summed E-state index contributed by atoms with van der Waals surface area (Å²) in [5, 5.41) is 8.82. The van der Waals surface area contributed by atoms with Crippen molar-refractivity contribution in [2.24, 2.45) is 5.92 Å². The summed E-state index contributed by atoms with van der Waals surface area (Å²) in [6, 6.07) is 27.6. The van der Waals surface area contributed by atoms with Gasteiger partial charge in [0, 0.05) is 0 Å². The zero-order chi connectivity index (χ0) is 27.7. The molecule has 3 amide bonds. The van der Waals surface area contributed by atoms with Gasteiger partial charge in [0.2, 0.25) is 11.8 Å². The molecule has 0 spiro atoms. The molecule has 4 rings (SSSR count). The number of rotatable bonds is 10. The molecule has 0 aromatic heterocycles. The van der Waals surface area contributed by atoms with E-state index in [0.717, 1.165) is 42.4 Å². The van der Waals surface area contributed by atoms with E-state index in [0.29, 0.717) is 0 Å². The van der Waals surface area contributed by atoms with Gasteiger partial charge in [-0.2, -0.15) is 0 Å². The molecule has 1 saturated carbocycles. The highest BCUT2D eigenvalue weighted by molar-refractivity contribution is 5.94. The van der Waals surface area contributed by atoms with E-state index in [-0.39, 0.29) is 24.5 Å². The van der Waals surface area contributed by atoms with Crippen LogP contribution in [-0.4, -0.2) is 29.5 Å². The van der Waals surface area contributed by atoms with Crippen LogP contribution in [0.2, 0.25) is 0 Å². The number of amides is 3. The number of benzene rings is 3. The second kappa shape index (κ2) is 13.1. The van der Waals surface area contributed by atoms with Crippen molar-refractivity contribution >= 4 is 17.9 Å². The zero-order valence-corrected chi connectivity index (χ0v) is 22.6. The van der Waals surface area contributed by atoms with Gasteiger partial charge < -0.3 is 20.7 Å². The van der Waals surface area contributed by atoms with Crippen LogP contribution in [0.15, 0.2) is 91.0 Å². The molecule has 0 saturated heterocycles. The van der Waals surface area contributed by atoms with E-state index in [4.69, 9.17) is 4.74 Å². The smallest absolute Gasteiger partial charge is 0.408 e. The lowest BCUT2D eigenvalue weighted by atomic mass is 9.82. The molecule has 0 unspecified atom stereocenters. The van der Waals surface area contributed by atoms with Crippen LogP contribution in [-0.2, 0) is 20.9 Å². The summed E-state index contributed by atoms with van der Waals surface area (Å²) < 4.78 is 5.27. The SMILES string of the molecule is C[C@H](NC(=O)OCc1ccccc1)C(=O)N[C@@](C)(C(=O)NC(c1ccccc1)c1ccccc1)C1CCCC1. The van der Waals surface area contributed by atoms with Gasteiger partial charge in [-0.1, -0.05) is 104 Å². The van der Waals surface area contributed by atoms with Crippen molar-refractivity contribution in [1.29, 1.82) is 0 Å². The molecule has 2 atom stereocenters. The molecule has 1 fully saturated rings. The Balaban J connectivity index is 1.47. The molecule has 3 N–H and O–H groups in total. The van der Waals surface area contributed by atoms with E-state index >= 15 is 0 Å². The van der Waals surface area contributed by atoms with Crippen molar-refractivity contribution in [1.82, 2.24) is 16.0 Å². The number of hydrogen-bond donors (Lipinski definition) is 3. The molecule has 7 heteroatoms. The van der Waals surface area contributed by atoms with Crippen molar-refractivity contribution in [2.75, 3.05) is 0 Å². The van der Waals surface area contributed by atoms with Crippen LogP contribution in [0.1, 0.15) is 62.3 Å². The lowest BCUT2D eigenvalue weighted by molar-refractivity contribution is -0.136. The summed E-state index contributed by atoms with van der Waals surface area (Å²) in [5.74, 6) is -0.711. The number of carbonyl (C=O) groups is 3. The van der Waals surface area contributed by atoms with Gasteiger partial charge in [0.25, 0.3) is 0 Å². The molecule has 39 heavy (non-hydrogen) atoms. The quantitative estimate of drug-likeness (QED) is 0.335. The first-order chi connectivity index (χ1) is 18.9. The van der Waals surface area contributed by atoms with Gasteiger partial charge in [0.1, 0.15) is 18.2 Å². The highest BCUT2D eigenvalue weighted by Gasteiger charge is 2.45. The second-order valence-electron chi connectivity index (χ2n) is 10.3. The summed E-state index contributed by atoms with van der Waals surface area (Å²) in [5.41, 5.74) is 1.60. The fourth-order valence-corrected chi connectivity index (χ4v) is 5.15. The monoisotopic (exact) mass is 527 g/mol. The molecular formula is C32H37N3O4. The molecule has 0 aliphatic heterocycles. The van der Waals surface area contributed by atoms with Crippen LogP contribution < -0.4 is 16.0 Å². The molecule has 0 bridgehead atoms. The first-order valence-electron chi connectivity index (χ1n) is 13.6. The standard InChI is InChI=1S/C32H37N3O4/c1-23(33-31(38)39-22-24-14-6-3-7-15-24)29(36)35-32(2,27-20-12-13-21-27)30(37)34-28(25-16-8-4-9-17-25)26-18-10-5-11-19-26/h3-11,14-19,23,27-28H,12-13,20-22H2,1-2H3,(H,33,38)(H,34,37)(H,35,36)/t23-,32+/m0/s1. The minimum Gasteiger partial charge on any atom is -0.445 e. The van der Waals surface area contributed by atoms with E-state index < -0.39 is 23.6 Å². The van der Waals surface area contributed by atoms with Crippen LogP contribution in [0.3, 0.4) is 0 Å². The lowest BCUT2D eigenvalue weighted by Crippen LogP contribution is -2.63. The maximum absolute atomic E-state index is 14.0. The Bertz CT molecular complexity index is 1190. The Morgan fingerprint density at radius 1 is 0.821 bits per heavy atom. The predicted molar refractivity (Wildman–Crippen MR) is 151 cm³/mol. The first kappa shape index (κ1) is 27.9. The minimum absolute atomic E-state index is 0.0223. The Morgan fingerprint density at radius 3 is 1.87 bits per heavy atom. The summed E-state index contributed by atoms with van der Waals surface area (Å²) in [6.45, 7) is 3.48. The number of carbonyl (C=O) groups excluding carboxylic acids is 3. The third-order valence-electron chi connectivity index (χ3n) is 7.51. The highest BCUT2D eigenvalue weighted by Crippen LogP contribution is 2.35. The number of alkyl carbamates (subject to hydrolysis) is 1. The molecule has 3 aromatic rings. The number of hydrogen-bond acceptors (Lipinski definition) is 4. The van der Waals surface area contributed by atoms with E-state index in [2.05, 4.69) is 16.0 Å². The molecule has 0 heterocycles. The highest BCUT2D eigenvalue weighted by atomic mass is 16.5. The normalized spacial score (nSPS) is 15.7. The largest absolute Gasteiger partial charge is 0.445 e. The maximum atomic E-state index is 14.0. The van der Waals surface area contributed by atoms with Gasteiger partial charge in [0.05, 0.1) is 6.04 Å². The summed E-state index contributed by atoms with van der Waals surface area (Å²) in [4.78, 5) is 39.7. The summed E-state index contributed by atoms with van der Waals surface area (Å²) in [6.07, 6.45) is 2.99. The topological polar surface area (TPSA) is 96.5 Å². The van der Waals surface area contributed by atoms with Crippen molar-refractivity contribution in [3.63, 3.8) is 0 Å². The molecule has 1 aliphatic rings. The Hall–Kier alpha value is -4.13. The van der Waals surface area contributed by atoms with E-state index in [1.807, 2.05) is 91.0 Å². The van der Waals surface area contributed by atoms with Gasteiger partial charge in [0.15, 0.2) is 0 Å². The molecule has 1 aliphatic carbocycles. The second-order valence-corrected chi connectivity index (χ2v) is 10.3. The van der Waals surface area contributed by atoms with Gasteiger partial charge in [-0.05, 0) is 49.3 Å². The number of nitrogens with one attached hydrogen (secondary N) is 3. The Kier molecular flexibility index (Phi) is 9.36. The van der Waals surface area contributed by atoms with Crippen molar-refractivity contribution in [3.05, 3.63) is 108 Å². The third-order valence-corrected chi connectivity index (χ3v) is 7.51. The van der Waals surface area contributed by atoms with Gasteiger partial charge in [-0.15, -0.1) is 0 Å². The molecule has 7 nitrogen and oxygen atoms in total. The summed E-state index contributed by atoms with van der Waals surface area (Å²) in [7, 11) is 0. The molecule has 0 radical (unpaired) electrons. The Morgan fingerprint density at radius 2 is 1.33 bits per heavy atom. The van der Waals surface area contributed by atoms with Gasteiger partial charge in [-0.3, -0.25) is 9.59 Å². The first-order valence-corrected chi connectivity index (χ1v) is 13.6. The third kappa shape index (κ3) is 7.25. The Labute approximate surface area is 230 Å². The van der Waals surface area contributed by atoms with E-state index in [1.54, 1.807) is 13.8 Å². The van der Waals surface area contributed by atoms with Gasteiger partial charge >= 0.3 is 6.09 Å². The van der Waals surface area contributed by atoms with Gasteiger partial charge in [-0.25, -0.2) is 4.79 Å². The average Bonchev–Trinajstić information content (AvgIpc) is 3.52. The molecule has 3 aromatic carbocycles. The molecular weight excluding hydrogens is 490 g/mol. The average molecular weight is 528 g/mol. The van der Waals surface area contributed by atoms with Crippen molar-refractivity contribution < 1.29 is 19.1 Å². The van der Waals surface area contributed by atoms with Crippen LogP contribution in [0.25, 0.3) is 0 Å². The van der Waals surface area contributed by atoms with Crippen LogP contribution >= 0.6 is 0 Å². The van der Waals surface area contributed by atoms with E-state index in [1.165, 1.54) is 0 Å². The van der Waals surface area contributed by atoms with Crippen molar-refractivity contribution in [3.8, 4) is 0 Å². The fraction of sp³-hybridized carbons (Fsp3) is 0.344. The predicted octanol–water partition coefficient (Wildman–Crippen LogP) is 5.27. The summed E-state index contributed by atoms with van der Waals surface area (Å²) >= 11 is 0. The van der Waals surface area contributed by atoms with Crippen LogP contribution in [0.4, 0.5) is 4.79 Å². The lowest BCUT2D eigenvalue weighted by Gasteiger charge is -2.37. The van der Waals surface area contributed by atoms with E-state index in [9.17, 15) is 14.4 Å².